The maximum absolute atomic E-state index is 14.5. The third kappa shape index (κ3) is 4.31. The Kier molecular flexibility index (Phi) is 5.87. The van der Waals surface area contributed by atoms with E-state index in [1.54, 1.807) is 35.2 Å². The van der Waals surface area contributed by atoms with E-state index < -0.39 is 11.9 Å². The lowest BCUT2D eigenvalue weighted by Crippen LogP contribution is -2.44. The van der Waals surface area contributed by atoms with E-state index in [1.165, 1.54) is 6.07 Å². The zero-order chi connectivity index (χ0) is 20.2. The maximum Gasteiger partial charge on any atom is 0.246 e. The van der Waals surface area contributed by atoms with Gasteiger partial charge in [-0.1, -0.05) is 24.3 Å². The van der Waals surface area contributed by atoms with E-state index in [9.17, 15) is 14.0 Å². The Balaban J connectivity index is 1.58. The molecule has 2 aliphatic rings. The van der Waals surface area contributed by atoms with Gasteiger partial charge in [0.1, 0.15) is 11.9 Å². The van der Waals surface area contributed by atoms with Crippen LogP contribution in [0.4, 0.5) is 15.8 Å². The van der Waals surface area contributed by atoms with E-state index in [4.69, 9.17) is 4.74 Å². The fourth-order valence-electron chi connectivity index (χ4n) is 3.92. The molecule has 2 amide bonds. The molecule has 2 aliphatic heterocycles. The number of morpholine rings is 1. The lowest BCUT2D eigenvalue weighted by atomic mass is 10.0. The molecule has 0 spiro atoms. The first kappa shape index (κ1) is 19.5. The van der Waals surface area contributed by atoms with Crippen molar-refractivity contribution in [2.24, 2.45) is 0 Å². The molecule has 4 rings (SSSR count). The molecule has 2 aromatic rings. The van der Waals surface area contributed by atoms with Gasteiger partial charge in [-0.15, -0.1) is 0 Å². The van der Waals surface area contributed by atoms with Gasteiger partial charge >= 0.3 is 0 Å². The SMILES string of the molecule is O=C(Nc1cccc(N2CCCC2=O)c1)[C@H](c1ccccc1F)N1CCOCC1. The van der Waals surface area contributed by atoms with Crippen LogP contribution in [-0.2, 0) is 14.3 Å². The Morgan fingerprint density at radius 3 is 2.59 bits per heavy atom. The van der Waals surface area contributed by atoms with Gasteiger partial charge in [0.2, 0.25) is 11.8 Å². The summed E-state index contributed by atoms with van der Waals surface area (Å²) in [5.74, 6) is -0.622. The number of nitrogens with one attached hydrogen (secondary N) is 1. The van der Waals surface area contributed by atoms with Crippen molar-refractivity contribution in [3.8, 4) is 0 Å². The summed E-state index contributed by atoms with van der Waals surface area (Å²) in [5.41, 5.74) is 1.69. The maximum atomic E-state index is 14.5. The lowest BCUT2D eigenvalue weighted by Gasteiger charge is -2.34. The number of amides is 2. The van der Waals surface area contributed by atoms with Crippen LogP contribution in [-0.4, -0.2) is 49.6 Å². The van der Waals surface area contributed by atoms with Crippen molar-refractivity contribution in [2.45, 2.75) is 18.9 Å². The highest BCUT2D eigenvalue weighted by Gasteiger charge is 2.31. The number of rotatable bonds is 5. The normalized spacial score (nSPS) is 18.7. The first-order valence-electron chi connectivity index (χ1n) is 9.91. The smallest absolute Gasteiger partial charge is 0.246 e. The molecule has 2 saturated heterocycles. The Morgan fingerprint density at radius 2 is 1.86 bits per heavy atom. The molecule has 2 aromatic carbocycles. The van der Waals surface area contributed by atoms with Crippen LogP contribution in [0.2, 0.25) is 0 Å². The summed E-state index contributed by atoms with van der Waals surface area (Å²) in [7, 11) is 0. The molecular formula is C22H24FN3O3. The molecule has 0 bridgehead atoms. The van der Waals surface area contributed by atoms with E-state index in [1.807, 2.05) is 17.0 Å². The largest absolute Gasteiger partial charge is 0.379 e. The van der Waals surface area contributed by atoms with Gasteiger partial charge in [-0.2, -0.15) is 0 Å². The summed E-state index contributed by atoms with van der Waals surface area (Å²) < 4.78 is 19.9. The van der Waals surface area contributed by atoms with E-state index in [2.05, 4.69) is 5.32 Å². The highest BCUT2D eigenvalue weighted by Crippen LogP contribution is 2.28. The van der Waals surface area contributed by atoms with Crippen molar-refractivity contribution in [2.75, 3.05) is 43.1 Å². The van der Waals surface area contributed by atoms with Gasteiger partial charge < -0.3 is 15.0 Å². The number of hydrogen-bond acceptors (Lipinski definition) is 4. The Hall–Kier alpha value is -2.77. The quantitative estimate of drug-likeness (QED) is 0.843. The van der Waals surface area contributed by atoms with Gasteiger partial charge in [0, 0.05) is 43.0 Å². The zero-order valence-electron chi connectivity index (χ0n) is 16.1. The Bertz CT molecular complexity index is 898. The number of anilines is 2. The van der Waals surface area contributed by atoms with Gasteiger partial charge in [0.25, 0.3) is 0 Å². The van der Waals surface area contributed by atoms with Crippen LogP contribution in [0.15, 0.2) is 48.5 Å². The van der Waals surface area contributed by atoms with Crippen LogP contribution in [0.25, 0.3) is 0 Å². The number of carbonyl (C=O) groups is 2. The molecule has 1 atom stereocenters. The van der Waals surface area contributed by atoms with Crippen molar-refractivity contribution in [1.82, 2.24) is 4.90 Å². The second-order valence-corrected chi connectivity index (χ2v) is 7.26. The van der Waals surface area contributed by atoms with Crippen molar-refractivity contribution in [3.63, 3.8) is 0 Å². The van der Waals surface area contributed by atoms with Gasteiger partial charge in [-0.05, 0) is 30.7 Å². The van der Waals surface area contributed by atoms with Gasteiger partial charge in [-0.25, -0.2) is 4.39 Å². The van der Waals surface area contributed by atoms with Crippen LogP contribution in [0.3, 0.4) is 0 Å². The summed E-state index contributed by atoms with van der Waals surface area (Å²) in [6, 6.07) is 12.8. The predicted octanol–water partition coefficient (Wildman–Crippen LogP) is 2.96. The van der Waals surface area contributed by atoms with Gasteiger partial charge in [0.15, 0.2) is 0 Å². The fraction of sp³-hybridized carbons (Fsp3) is 0.364. The van der Waals surface area contributed by atoms with Crippen LogP contribution >= 0.6 is 0 Å². The predicted molar refractivity (Wildman–Crippen MR) is 108 cm³/mol. The minimum atomic E-state index is -0.753. The second-order valence-electron chi connectivity index (χ2n) is 7.26. The second kappa shape index (κ2) is 8.71. The molecule has 0 aliphatic carbocycles. The summed E-state index contributed by atoms with van der Waals surface area (Å²) in [4.78, 5) is 28.9. The third-order valence-corrected chi connectivity index (χ3v) is 5.36. The van der Waals surface area contributed by atoms with Crippen LogP contribution in [0, 0.1) is 5.82 Å². The summed E-state index contributed by atoms with van der Waals surface area (Å²) in [5, 5.41) is 2.92. The minimum Gasteiger partial charge on any atom is -0.379 e. The number of halogens is 1. The molecule has 1 N–H and O–H groups in total. The molecule has 0 aromatic heterocycles. The van der Waals surface area contributed by atoms with Crippen LogP contribution in [0.1, 0.15) is 24.4 Å². The minimum absolute atomic E-state index is 0.0889. The van der Waals surface area contributed by atoms with Gasteiger partial charge in [-0.3, -0.25) is 14.5 Å². The molecule has 0 radical (unpaired) electrons. The number of benzene rings is 2. The highest BCUT2D eigenvalue weighted by molar-refractivity contribution is 5.98. The summed E-state index contributed by atoms with van der Waals surface area (Å²) in [6.45, 7) is 2.79. The van der Waals surface area contributed by atoms with Gasteiger partial charge in [0.05, 0.1) is 13.2 Å². The standard InChI is InChI=1S/C22H24FN3O3/c23-19-8-2-1-7-18(19)21(25-11-13-29-14-12-25)22(28)24-16-5-3-6-17(15-16)26-10-4-9-20(26)27/h1-3,5-8,15,21H,4,9-14H2,(H,24,28)/t21-/m0/s1. The average Bonchev–Trinajstić information content (AvgIpc) is 3.17. The summed E-state index contributed by atoms with van der Waals surface area (Å²) in [6.07, 6.45) is 1.38. The number of ether oxygens (including phenoxy) is 1. The molecule has 7 heteroatoms. The molecule has 152 valence electrons. The van der Waals surface area contributed by atoms with Crippen LogP contribution in [0.5, 0.6) is 0 Å². The van der Waals surface area contributed by atoms with E-state index in [0.29, 0.717) is 50.5 Å². The topological polar surface area (TPSA) is 61.9 Å². The van der Waals surface area contributed by atoms with Crippen LogP contribution < -0.4 is 10.2 Å². The van der Waals surface area contributed by atoms with E-state index in [-0.39, 0.29) is 11.8 Å². The number of carbonyl (C=O) groups excluding carboxylic acids is 2. The molecule has 2 heterocycles. The monoisotopic (exact) mass is 397 g/mol. The molecule has 2 fully saturated rings. The molecular weight excluding hydrogens is 373 g/mol. The Morgan fingerprint density at radius 1 is 1.07 bits per heavy atom. The number of nitrogens with zero attached hydrogens (tertiary/aromatic N) is 2. The van der Waals surface area contributed by atoms with Crippen molar-refractivity contribution < 1.29 is 18.7 Å². The van der Waals surface area contributed by atoms with Crippen molar-refractivity contribution >= 4 is 23.2 Å². The molecule has 29 heavy (non-hydrogen) atoms. The lowest BCUT2D eigenvalue weighted by molar-refractivity contribution is -0.123. The van der Waals surface area contributed by atoms with E-state index >= 15 is 0 Å². The Labute approximate surface area is 169 Å². The van der Waals surface area contributed by atoms with E-state index in [0.717, 1.165) is 12.1 Å². The zero-order valence-corrected chi connectivity index (χ0v) is 16.1. The summed E-state index contributed by atoms with van der Waals surface area (Å²) >= 11 is 0. The average molecular weight is 397 g/mol. The molecule has 0 unspecified atom stereocenters. The van der Waals surface area contributed by atoms with Crippen molar-refractivity contribution in [1.29, 1.82) is 0 Å². The fourth-order valence-corrected chi connectivity index (χ4v) is 3.92. The molecule has 0 saturated carbocycles. The first-order valence-corrected chi connectivity index (χ1v) is 9.91. The highest BCUT2D eigenvalue weighted by atomic mass is 19.1. The number of hydrogen-bond donors (Lipinski definition) is 1. The first-order chi connectivity index (χ1) is 14.1. The van der Waals surface area contributed by atoms with Crippen molar-refractivity contribution in [3.05, 3.63) is 59.9 Å². The third-order valence-electron chi connectivity index (χ3n) is 5.36. The molecule has 6 nitrogen and oxygen atoms in total.